The van der Waals surface area contributed by atoms with Crippen LogP contribution in [0, 0.1) is 11.3 Å². The van der Waals surface area contributed by atoms with E-state index in [0.717, 1.165) is 12.3 Å². The Morgan fingerprint density at radius 3 is 2.30 bits per heavy atom. The van der Waals surface area contributed by atoms with Crippen LogP contribution in [0.2, 0.25) is 0 Å². The van der Waals surface area contributed by atoms with Crippen LogP contribution in [0.3, 0.4) is 0 Å². The number of hydrazine groups is 1. The monoisotopic (exact) mass is 142 g/mol. The molecule has 0 aliphatic heterocycles. The lowest BCUT2D eigenvalue weighted by molar-refractivity contribution is 0.402. The molecule has 2 nitrogen and oxygen atoms in total. The molecule has 0 heterocycles. The molecule has 2 unspecified atom stereocenters. The van der Waals surface area contributed by atoms with Crippen LogP contribution in [0.4, 0.5) is 0 Å². The molecule has 0 aromatic carbocycles. The van der Waals surface area contributed by atoms with Crippen molar-refractivity contribution in [1.29, 1.82) is 0 Å². The maximum absolute atomic E-state index is 5.40. The van der Waals surface area contributed by atoms with Crippen LogP contribution in [0.25, 0.3) is 0 Å². The molecule has 0 aromatic heterocycles. The van der Waals surface area contributed by atoms with Crippen molar-refractivity contribution in [1.82, 2.24) is 5.43 Å². The van der Waals surface area contributed by atoms with E-state index >= 15 is 0 Å². The first-order valence-corrected chi connectivity index (χ1v) is 4.08. The first-order chi connectivity index (χ1) is 4.61. The molecule has 60 valence electrons. The molecule has 0 saturated heterocycles. The fourth-order valence-electron chi connectivity index (χ4n) is 1.71. The van der Waals surface area contributed by atoms with E-state index in [1.807, 2.05) is 0 Å². The molecule has 3 N–H and O–H groups in total. The van der Waals surface area contributed by atoms with Gasteiger partial charge in [-0.25, -0.2) is 0 Å². The lowest BCUT2D eigenvalue weighted by atomic mass is 10.0. The largest absolute Gasteiger partial charge is 0.271 e. The maximum atomic E-state index is 5.40. The van der Waals surface area contributed by atoms with E-state index in [4.69, 9.17) is 5.84 Å². The molecule has 0 bridgehead atoms. The number of hydrogen-bond acceptors (Lipinski definition) is 2. The molecule has 1 aliphatic rings. The number of nitrogens with two attached hydrogens (primary N) is 1. The Balaban J connectivity index is 2.36. The third-order valence-corrected chi connectivity index (χ3v) is 2.73. The molecular weight excluding hydrogens is 124 g/mol. The van der Waals surface area contributed by atoms with Gasteiger partial charge in [0.05, 0.1) is 0 Å². The summed E-state index contributed by atoms with van der Waals surface area (Å²) in [5, 5.41) is 0. The first kappa shape index (κ1) is 8.02. The van der Waals surface area contributed by atoms with Crippen LogP contribution in [0.15, 0.2) is 0 Å². The summed E-state index contributed by atoms with van der Waals surface area (Å²) < 4.78 is 0. The lowest BCUT2D eigenvalue weighted by Crippen LogP contribution is -2.37. The molecule has 0 spiro atoms. The minimum atomic E-state index is 0.537. The van der Waals surface area contributed by atoms with Crippen LogP contribution < -0.4 is 11.3 Å². The molecule has 1 aliphatic carbocycles. The summed E-state index contributed by atoms with van der Waals surface area (Å²) in [7, 11) is 0. The van der Waals surface area contributed by atoms with Crippen molar-refractivity contribution in [2.24, 2.45) is 17.2 Å². The van der Waals surface area contributed by atoms with Crippen molar-refractivity contribution in [2.45, 2.75) is 39.7 Å². The number of nitrogens with one attached hydrogen (secondary N) is 1. The highest BCUT2D eigenvalue weighted by atomic mass is 15.2. The Morgan fingerprint density at radius 2 is 2.20 bits per heavy atom. The van der Waals surface area contributed by atoms with E-state index in [2.05, 4.69) is 26.2 Å². The van der Waals surface area contributed by atoms with E-state index in [-0.39, 0.29) is 0 Å². The fraction of sp³-hybridized carbons (Fsp3) is 1.00. The molecule has 0 aromatic rings. The normalized spacial score (nSPS) is 31.8. The standard InChI is InChI=1S/C8H18N2/c1-4-7(10-9)6-5-8(6,2)3/h6-7,10H,4-5,9H2,1-3H3. The maximum Gasteiger partial charge on any atom is 0.0241 e. The third-order valence-electron chi connectivity index (χ3n) is 2.73. The fourth-order valence-corrected chi connectivity index (χ4v) is 1.71. The zero-order valence-corrected chi connectivity index (χ0v) is 7.15. The molecule has 1 saturated carbocycles. The van der Waals surface area contributed by atoms with Crippen LogP contribution >= 0.6 is 0 Å². The highest BCUT2D eigenvalue weighted by Gasteiger charge is 2.49. The minimum absolute atomic E-state index is 0.537. The van der Waals surface area contributed by atoms with Gasteiger partial charge in [0.2, 0.25) is 0 Å². The predicted molar refractivity (Wildman–Crippen MR) is 43.3 cm³/mol. The van der Waals surface area contributed by atoms with Gasteiger partial charge in [0, 0.05) is 6.04 Å². The zero-order chi connectivity index (χ0) is 7.78. The Kier molecular flexibility index (Phi) is 2.02. The summed E-state index contributed by atoms with van der Waals surface area (Å²) in [5.74, 6) is 6.20. The molecule has 2 atom stereocenters. The Bertz CT molecular complexity index is 116. The van der Waals surface area contributed by atoms with Gasteiger partial charge in [-0.2, -0.15) is 0 Å². The second-order valence-corrected chi connectivity index (χ2v) is 3.98. The van der Waals surface area contributed by atoms with Crippen molar-refractivity contribution in [3.05, 3.63) is 0 Å². The number of rotatable bonds is 3. The Labute approximate surface area is 63.1 Å². The van der Waals surface area contributed by atoms with Gasteiger partial charge in [-0.15, -0.1) is 0 Å². The van der Waals surface area contributed by atoms with Gasteiger partial charge < -0.3 is 0 Å². The van der Waals surface area contributed by atoms with E-state index < -0.39 is 0 Å². The van der Waals surface area contributed by atoms with Gasteiger partial charge in [-0.1, -0.05) is 20.8 Å². The molecule has 0 amide bonds. The second-order valence-electron chi connectivity index (χ2n) is 3.98. The molecule has 10 heavy (non-hydrogen) atoms. The van der Waals surface area contributed by atoms with E-state index in [1.54, 1.807) is 0 Å². The van der Waals surface area contributed by atoms with Gasteiger partial charge >= 0.3 is 0 Å². The third kappa shape index (κ3) is 1.32. The van der Waals surface area contributed by atoms with Gasteiger partial charge in [-0.05, 0) is 24.2 Å². The van der Waals surface area contributed by atoms with E-state index in [0.29, 0.717) is 11.5 Å². The van der Waals surface area contributed by atoms with Crippen LogP contribution in [-0.2, 0) is 0 Å². The summed E-state index contributed by atoms with van der Waals surface area (Å²) in [6.45, 7) is 6.79. The van der Waals surface area contributed by atoms with Crippen molar-refractivity contribution < 1.29 is 0 Å². The van der Waals surface area contributed by atoms with Crippen molar-refractivity contribution in [2.75, 3.05) is 0 Å². The van der Waals surface area contributed by atoms with Crippen LogP contribution in [-0.4, -0.2) is 6.04 Å². The van der Waals surface area contributed by atoms with Crippen molar-refractivity contribution >= 4 is 0 Å². The summed E-state index contributed by atoms with van der Waals surface area (Å²) in [6, 6.07) is 0.537. The highest BCUT2D eigenvalue weighted by Crippen LogP contribution is 2.53. The SMILES string of the molecule is CCC(NN)C1CC1(C)C. The molecular formula is C8H18N2. The van der Waals surface area contributed by atoms with Gasteiger partial charge in [0.25, 0.3) is 0 Å². The topological polar surface area (TPSA) is 38.0 Å². The molecule has 2 heteroatoms. The lowest BCUT2D eigenvalue weighted by Gasteiger charge is -2.14. The summed E-state index contributed by atoms with van der Waals surface area (Å²) in [4.78, 5) is 0. The Morgan fingerprint density at radius 1 is 1.70 bits per heavy atom. The van der Waals surface area contributed by atoms with Crippen LogP contribution in [0.5, 0.6) is 0 Å². The van der Waals surface area contributed by atoms with E-state index in [1.165, 1.54) is 6.42 Å². The summed E-state index contributed by atoms with van der Waals surface area (Å²) >= 11 is 0. The minimum Gasteiger partial charge on any atom is -0.271 e. The average Bonchev–Trinajstić information content (AvgIpc) is 2.44. The van der Waals surface area contributed by atoms with Gasteiger partial charge in [0.15, 0.2) is 0 Å². The predicted octanol–water partition coefficient (Wildman–Crippen LogP) is 1.27. The van der Waals surface area contributed by atoms with Gasteiger partial charge in [-0.3, -0.25) is 11.3 Å². The zero-order valence-electron chi connectivity index (χ0n) is 7.15. The van der Waals surface area contributed by atoms with Crippen molar-refractivity contribution in [3.8, 4) is 0 Å². The quantitative estimate of drug-likeness (QED) is 0.460. The smallest absolute Gasteiger partial charge is 0.0241 e. The van der Waals surface area contributed by atoms with Crippen LogP contribution in [0.1, 0.15) is 33.6 Å². The molecule has 1 fully saturated rings. The Hall–Kier alpha value is -0.0800. The molecule has 0 radical (unpaired) electrons. The van der Waals surface area contributed by atoms with Gasteiger partial charge in [0.1, 0.15) is 0 Å². The summed E-state index contributed by atoms with van der Waals surface area (Å²) in [5.41, 5.74) is 3.42. The summed E-state index contributed by atoms with van der Waals surface area (Å²) in [6.07, 6.45) is 2.47. The second kappa shape index (κ2) is 2.51. The first-order valence-electron chi connectivity index (χ1n) is 4.08. The molecule has 1 rings (SSSR count). The average molecular weight is 142 g/mol. The highest BCUT2D eigenvalue weighted by molar-refractivity contribution is 5.00. The van der Waals surface area contributed by atoms with E-state index in [9.17, 15) is 0 Å². The number of hydrogen-bond donors (Lipinski definition) is 2. The van der Waals surface area contributed by atoms with Crippen molar-refractivity contribution in [3.63, 3.8) is 0 Å².